The number of methoxy groups -OCH3 is 1. The van der Waals surface area contributed by atoms with Crippen molar-refractivity contribution >= 4 is 0 Å². The second-order valence-corrected chi connectivity index (χ2v) is 4.66. The maximum Gasteiger partial charge on any atom is 0.123 e. The Hall–Kier alpha value is -1.17. The maximum absolute atomic E-state index is 13.4. The minimum atomic E-state index is -0.251. The smallest absolute Gasteiger partial charge is 0.123 e. The van der Waals surface area contributed by atoms with Crippen molar-refractivity contribution in [1.29, 1.82) is 0 Å². The molecular weight excluding hydrogens is 247 g/mol. The van der Waals surface area contributed by atoms with Crippen molar-refractivity contribution in [2.45, 2.75) is 18.6 Å². The van der Waals surface area contributed by atoms with Gasteiger partial charge in [0.2, 0.25) is 0 Å². The van der Waals surface area contributed by atoms with Gasteiger partial charge in [-0.2, -0.15) is 0 Å². The van der Waals surface area contributed by atoms with Crippen LogP contribution in [-0.2, 0) is 4.74 Å². The Bertz CT molecular complexity index is 408. The van der Waals surface area contributed by atoms with Crippen LogP contribution < -0.4 is 15.4 Å². The molecule has 0 amide bonds. The van der Waals surface area contributed by atoms with Gasteiger partial charge in [0.1, 0.15) is 11.6 Å². The predicted octanol–water partition coefficient (Wildman–Crippen LogP) is 1.47. The van der Waals surface area contributed by atoms with E-state index in [-0.39, 0.29) is 18.0 Å². The van der Waals surface area contributed by atoms with Crippen LogP contribution in [-0.4, -0.2) is 40.0 Å². The Morgan fingerprint density at radius 3 is 3.05 bits per heavy atom. The largest absolute Gasteiger partial charge is 0.496 e. The zero-order valence-electron chi connectivity index (χ0n) is 11.4. The molecule has 2 unspecified atom stereocenters. The molecule has 1 aliphatic heterocycles. The topological polar surface area (TPSA) is 42.5 Å². The molecule has 1 heterocycles. The highest BCUT2D eigenvalue weighted by Crippen LogP contribution is 2.29. The van der Waals surface area contributed by atoms with E-state index < -0.39 is 0 Å². The zero-order valence-corrected chi connectivity index (χ0v) is 11.4. The summed E-state index contributed by atoms with van der Waals surface area (Å²) in [5, 5.41) is 6.51. The molecule has 106 valence electrons. The summed E-state index contributed by atoms with van der Waals surface area (Å²) < 4.78 is 24.4. The third-order valence-corrected chi connectivity index (χ3v) is 3.42. The van der Waals surface area contributed by atoms with Crippen LogP contribution >= 0.6 is 0 Å². The van der Waals surface area contributed by atoms with Crippen molar-refractivity contribution in [2.24, 2.45) is 0 Å². The lowest BCUT2D eigenvalue weighted by Crippen LogP contribution is -2.40. The van der Waals surface area contributed by atoms with E-state index in [9.17, 15) is 4.39 Å². The molecule has 2 rings (SSSR count). The highest BCUT2D eigenvalue weighted by Gasteiger charge is 2.22. The number of ether oxygens (including phenoxy) is 2. The number of halogens is 1. The van der Waals surface area contributed by atoms with Crippen molar-refractivity contribution in [3.63, 3.8) is 0 Å². The number of hydrogen-bond donors (Lipinski definition) is 2. The lowest BCUT2D eigenvalue weighted by atomic mass is 9.99. The first-order valence-corrected chi connectivity index (χ1v) is 6.57. The number of hydrogen-bond acceptors (Lipinski definition) is 4. The van der Waals surface area contributed by atoms with Gasteiger partial charge in [0.05, 0.1) is 19.8 Å². The third-order valence-electron chi connectivity index (χ3n) is 3.42. The molecule has 1 aromatic rings. The van der Waals surface area contributed by atoms with E-state index in [2.05, 4.69) is 10.6 Å². The van der Waals surface area contributed by atoms with Gasteiger partial charge >= 0.3 is 0 Å². The third kappa shape index (κ3) is 3.65. The average Bonchev–Trinajstić information content (AvgIpc) is 2.46. The highest BCUT2D eigenvalue weighted by atomic mass is 19.1. The lowest BCUT2D eigenvalue weighted by molar-refractivity contribution is 0.0174. The zero-order chi connectivity index (χ0) is 13.7. The number of rotatable bonds is 5. The normalized spacial score (nSPS) is 21.1. The first kappa shape index (κ1) is 14.2. The fourth-order valence-corrected chi connectivity index (χ4v) is 2.41. The Balaban J connectivity index is 2.13. The second-order valence-electron chi connectivity index (χ2n) is 4.66. The van der Waals surface area contributed by atoms with Crippen LogP contribution in [0.3, 0.4) is 0 Å². The Morgan fingerprint density at radius 2 is 2.42 bits per heavy atom. The van der Waals surface area contributed by atoms with Crippen LogP contribution in [0.2, 0.25) is 0 Å². The summed E-state index contributed by atoms with van der Waals surface area (Å²) in [6, 6.07) is 4.61. The summed E-state index contributed by atoms with van der Waals surface area (Å²) in [6.45, 7) is 2.45. The fraction of sp³-hybridized carbons (Fsp3) is 0.571. The lowest BCUT2D eigenvalue weighted by Gasteiger charge is -2.28. The molecule has 5 heteroatoms. The molecule has 19 heavy (non-hydrogen) atoms. The van der Waals surface area contributed by atoms with Gasteiger partial charge in [-0.05, 0) is 31.7 Å². The molecule has 0 spiro atoms. The molecule has 1 aromatic carbocycles. The minimum absolute atomic E-state index is 0.00977. The van der Waals surface area contributed by atoms with Crippen molar-refractivity contribution in [3.05, 3.63) is 29.6 Å². The molecular formula is C14H21FN2O2. The predicted molar refractivity (Wildman–Crippen MR) is 72.0 cm³/mol. The first-order valence-electron chi connectivity index (χ1n) is 6.57. The van der Waals surface area contributed by atoms with Crippen LogP contribution in [0.1, 0.15) is 18.0 Å². The molecule has 1 saturated heterocycles. The van der Waals surface area contributed by atoms with Crippen molar-refractivity contribution in [2.75, 3.05) is 33.9 Å². The van der Waals surface area contributed by atoms with E-state index in [1.165, 1.54) is 12.1 Å². The van der Waals surface area contributed by atoms with E-state index in [1.807, 2.05) is 7.05 Å². The Morgan fingerprint density at radius 1 is 1.58 bits per heavy atom. The van der Waals surface area contributed by atoms with Crippen LogP contribution in [0.5, 0.6) is 5.75 Å². The van der Waals surface area contributed by atoms with Crippen LogP contribution in [0.25, 0.3) is 0 Å². The maximum atomic E-state index is 13.4. The van der Waals surface area contributed by atoms with Crippen LogP contribution in [0, 0.1) is 5.82 Å². The number of morpholine rings is 1. The summed E-state index contributed by atoms with van der Waals surface area (Å²) in [4.78, 5) is 0. The van der Waals surface area contributed by atoms with E-state index >= 15 is 0 Å². The fourth-order valence-electron chi connectivity index (χ4n) is 2.41. The Labute approximate surface area is 113 Å². The van der Waals surface area contributed by atoms with Gasteiger partial charge in [-0.3, -0.25) is 0 Å². The molecule has 0 saturated carbocycles. The quantitative estimate of drug-likeness (QED) is 0.849. The van der Waals surface area contributed by atoms with Gasteiger partial charge in [0.25, 0.3) is 0 Å². The molecule has 0 aliphatic carbocycles. The first-order chi connectivity index (χ1) is 9.24. The summed E-state index contributed by atoms with van der Waals surface area (Å²) in [5.41, 5.74) is 0.833. The monoisotopic (exact) mass is 268 g/mol. The Kier molecular flexibility index (Phi) is 5.13. The molecule has 0 aromatic heterocycles. The SMILES string of the molecule is CNC(CC1CNCCO1)c1cc(F)ccc1OC. The molecule has 4 nitrogen and oxygen atoms in total. The van der Waals surface area contributed by atoms with E-state index in [0.717, 1.165) is 31.7 Å². The van der Waals surface area contributed by atoms with Gasteiger partial charge in [-0.1, -0.05) is 0 Å². The van der Waals surface area contributed by atoms with Crippen molar-refractivity contribution < 1.29 is 13.9 Å². The molecule has 2 N–H and O–H groups in total. The molecule has 2 atom stereocenters. The van der Waals surface area contributed by atoms with E-state index in [4.69, 9.17) is 9.47 Å². The molecule has 0 bridgehead atoms. The molecule has 1 fully saturated rings. The van der Waals surface area contributed by atoms with E-state index in [1.54, 1.807) is 13.2 Å². The van der Waals surface area contributed by atoms with Gasteiger partial charge < -0.3 is 20.1 Å². The standard InChI is InChI=1S/C14H21FN2O2/c1-16-13(8-11-9-17-5-6-19-11)12-7-10(15)3-4-14(12)18-2/h3-4,7,11,13,16-17H,5-6,8-9H2,1-2H3. The van der Waals surface area contributed by atoms with Crippen molar-refractivity contribution in [3.8, 4) is 5.75 Å². The molecule has 0 radical (unpaired) electrons. The van der Waals surface area contributed by atoms with Gasteiger partial charge in [0, 0.05) is 24.7 Å². The van der Waals surface area contributed by atoms with Gasteiger partial charge in [-0.15, -0.1) is 0 Å². The average molecular weight is 268 g/mol. The van der Waals surface area contributed by atoms with Crippen LogP contribution in [0.15, 0.2) is 18.2 Å². The molecule has 1 aliphatic rings. The second kappa shape index (κ2) is 6.84. The summed E-state index contributed by atoms with van der Waals surface area (Å²) in [6.07, 6.45) is 0.919. The highest BCUT2D eigenvalue weighted by molar-refractivity contribution is 5.36. The minimum Gasteiger partial charge on any atom is -0.496 e. The summed E-state index contributed by atoms with van der Waals surface area (Å²) in [5.74, 6) is 0.447. The van der Waals surface area contributed by atoms with E-state index in [0.29, 0.717) is 5.75 Å². The summed E-state index contributed by atoms with van der Waals surface area (Å²) >= 11 is 0. The number of benzene rings is 1. The summed E-state index contributed by atoms with van der Waals surface area (Å²) in [7, 11) is 3.47. The van der Waals surface area contributed by atoms with Gasteiger partial charge in [0.15, 0.2) is 0 Å². The van der Waals surface area contributed by atoms with Crippen LogP contribution in [0.4, 0.5) is 4.39 Å². The van der Waals surface area contributed by atoms with Gasteiger partial charge in [-0.25, -0.2) is 4.39 Å². The number of nitrogens with one attached hydrogen (secondary N) is 2. The van der Waals surface area contributed by atoms with Crippen molar-refractivity contribution in [1.82, 2.24) is 10.6 Å².